The molecular formula is C44H53FO10. The molecule has 0 heterocycles. The van der Waals surface area contributed by atoms with Crippen molar-refractivity contribution in [2.24, 2.45) is 0 Å². The standard InChI is InChI=1S/C44H53FO10/c1-32(2)41(46)52-29-15-11-7-5-9-13-27-50-36-21-17-34(18-22-36)43(48)54-38-25-26-40(39(45)31-38)55-44(49)35-19-23-37(24-20-35)51-28-14-10-6-8-12-16-30-53-42(47)33(3)4/h17-26,31H,1,3,5-16,27-30H2,2,4H3. The highest BCUT2D eigenvalue weighted by Crippen LogP contribution is 2.25. The van der Waals surface area contributed by atoms with Gasteiger partial charge in [-0.05, 0) is 100 Å². The van der Waals surface area contributed by atoms with Crippen LogP contribution in [-0.4, -0.2) is 50.3 Å². The van der Waals surface area contributed by atoms with Gasteiger partial charge < -0.3 is 28.4 Å². The highest BCUT2D eigenvalue weighted by Gasteiger charge is 2.15. The fraction of sp³-hybridized carbons (Fsp3) is 0.409. The van der Waals surface area contributed by atoms with Crippen LogP contribution in [0.4, 0.5) is 4.39 Å². The molecule has 296 valence electrons. The summed E-state index contributed by atoms with van der Waals surface area (Å²) in [6.07, 6.45) is 11.6. The summed E-state index contributed by atoms with van der Waals surface area (Å²) in [5.74, 6) is -2.11. The first-order valence-corrected chi connectivity index (χ1v) is 18.9. The maximum atomic E-state index is 14.8. The van der Waals surface area contributed by atoms with Crippen molar-refractivity contribution in [2.45, 2.75) is 90.9 Å². The number of unbranched alkanes of at least 4 members (excludes halogenated alkanes) is 10. The number of carbonyl (C=O) groups is 4. The quantitative estimate of drug-likeness (QED) is 0.0338. The zero-order chi connectivity index (χ0) is 39.8. The van der Waals surface area contributed by atoms with E-state index < -0.39 is 17.8 Å². The third-order valence-electron chi connectivity index (χ3n) is 8.27. The number of carbonyl (C=O) groups excluding carboxylic acids is 4. The lowest BCUT2D eigenvalue weighted by atomic mass is 10.1. The first kappa shape index (κ1) is 44.0. The Bertz CT molecular complexity index is 1700. The van der Waals surface area contributed by atoms with E-state index in [9.17, 15) is 23.6 Å². The van der Waals surface area contributed by atoms with Gasteiger partial charge in [-0.25, -0.2) is 23.6 Å². The van der Waals surface area contributed by atoms with Gasteiger partial charge in [-0.2, -0.15) is 0 Å². The van der Waals surface area contributed by atoms with E-state index in [1.807, 2.05) is 0 Å². The van der Waals surface area contributed by atoms with Crippen LogP contribution in [0.25, 0.3) is 0 Å². The summed E-state index contributed by atoms with van der Waals surface area (Å²) in [6.45, 7) is 12.3. The fourth-order valence-electron chi connectivity index (χ4n) is 5.11. The number of halogens is 1. The van der Waals surface area contributed by atoms with Crippen molar-refractivity contribution in [3.8, 4) is 23.0 Å². The Kier molecular flexibility index (Phi) is 19.8. The predicted octanol–water partition coefficient (Wildman–Crippen LogP) is 9.94. The van der Waals surface area contributed by atoms with Gasteiger partial charge in [-0.1, -0.05) is 64.5 Å². The van der Waals surface area contributed by atoms with E-state index in [-0.39, 0.29) is 34.6 Å². The van der Waals surface area contributed by atoms with E-state index in [2.05, 4.69) is 13.2 Å². The smallest absolute Gasteiger partial charge is 0.343 e. The predicted molar refractivity (Wildman–Crippen MR) is 207 cm³/mol. The van der Waals surface area contributed by atoms with Crippen LogP contribution >= 0.6 is 0 Å². The minimum Gasteiger partial charge on any atom is -0.494 e. The minimum atomic E-state index is -0.863. The van der Waals surface area contributed by atoms with Crippen LogP contribution in [0.1, 0.15) is 112 Å². The zero-order valence-electron chi connectivity index (χ0n) is 32.0. The van der Waals surface area contributed by atoms with E-state index in [1.54, 1.807) is 62.4 Å². The van der Waals surface area contributed by atoms with Gasteiger partial charge in [0.15, 0.2) is 11.6 Å². The van der Waals surface area contributed by atoms with Crippen molar-refractivity contribution in [1.29, 1.82) is 0 Å². The molecule has 0 unspecified atom stereocenters. The van der Waals surface area contributed by atoms with Crippen molar-refractivity contribution in [2.75, 3.05) is 26.4 Å². The molecule has 0 aliphatic heterocycles. The molecule has 0 aromatic heterocycles. The lowest BCUT2D eigenvalue weighted by Gasteiger charge is -2.10. The Labute approximate surface area is 323 Å². The van der Waals surface area contributed by atoms with Gasteiger partial charge in [0.1, 0.15) is 17.2 Å². The SMILES string of the molecule is C=C(C)C(=O)OCCCCCCCCOc1ccc(C(=O)Oc2ccc(OC(=O)c3ccc(OCCCCCCCCOC(=O)C(=C)C)cc3)c(F)c2)cc1. The third kappa shape index (κ3) is 17.5. The molecular weight excluding hydrogens is 707 g/mol. The monoisotopic (exact) mass is 760 g/mol. The van der Waals surface area contributed by atoms with Crippen LogP contribution in [-0.2, 0) is 19.1 Å². The molecule has 0 atom stereocenters. The molecule has 0 amide bonds. The van der Waals surface area contributed by atoms with Gasteiger partial charge in [-0.3, -0.25) is 0 Å². The molecule has 0 saturated heterocycles. The van der Waals surface area contributed by atoms with E-state index in [1.165, 1.54) is 12.1 Å². The molecule has 55 heavy (non-hydrogen) atoms. The molecule has 3 aromatic carbocycles. The molecule has 3 rings (SSSR count). The molecule has 0 saturated carbocycles. The number of benzene rings is 3. The highest BCUT2D eigenvalue weighted by atomic mass is 19.1. The van der Waals surface area contributed by atoms with Gasteiger partial charge in [0.25, 0.3) is 0 Å². The molecule has 0 fully saturated rings. The van der Waals surface area contributed by atoms with Crippen LogP contribution in [0.2, 0.25) is 0 Å². The summed E-state index contributed by atoms with van der Waals surface area (Å²) in [5, 5.41) is 0. The summed E-state index contributed by atoms with van der Waals surface area (Å²) in [7, 11) is 0. The summed E-state index contributed by atoms with van der Waals surface area (Å²) in [5.41, 5.74) is 1.30. The highest BCUT2D eigenvalue weighted by molar-refractivity contribution is 5.92. The van der Waals surface area contributed by atoms with Crippen LogP contribution in [0.3, 0.4) is 0 Å². The van der Waals surface area contributed by atoms with Crippen LogP contribution in [0.15, 0.2) is 91.0 Å². The molecule has 0 aliphatic carbocycles. The molecule has 0 bridgehead atoms. The molecule has 0 aliphatic rings. The lowest BCUT2D eigenvalue weighted by Crippen LogP contribution is -2.11. The van der Waals surface area contributed by atoms with Gasteiger partial charge >= 0.3 is 23.9 Å². The number of rotatable bonds is 26. The topological polar surface area (TPSA) is 124 Å². The van der Waals surface area contributed by atoms with E-state index in [4.69, 9.17) is 28.4 Å². The average Bonchev–Trinajstić information content (AvgIpc) is 3.17. The molecule has 0 spiro atoms. The molecule has 3 aromatic rings. The number of esters is 4. The van der Waals surface area contributed by atoms with E-state index >= 15 is 0 Å². The number of ether oxygens (including phenoxy) is 6. The first-order chi connectivity index (χ1) is 26.5. The molecule has 0 radical (unpaired) electrons. The lowest BCUT2D eigenvalue weighted by molar-refractivity contribution is -0.139. The molecule has 11 heteroatoms. The molecule has 10 nitrogen and oxygen atoms in total. The third-order valence-corrected chi connectivity index (χ3v) is 8.27. The summed E-state index contributed by atoms with van der Waals surface area (Å²) < 4.78 is 47.1. The van der Waals surface area contributed by atoms with Crippen molar-refractivity contribution >= 4 is 23.9 Å². The Morgan fingerprint density at radius 1 is 0.491 bits per heavy atom. The Morgan fingerprint density at radius 3 is 1.25 bits per heavy atom. The normalized spacial score (nSPS) is 10.6. The second-order valence-corrected chi connectivity index (χ2v) is 13.2. The van der Waals surface area contributed by atoms with Crippen LogP contribution in [0.5, 0.6) is 23.0 Å². The van der Waals surface area contributed by atoms with Crippen LogP contribution < -0.4 is 18.9 Å². The van der Waals surface area contributed by atoms with E-state index in [0.717, 1.165) is 83.1 Å². The zero-order valence-corrected chi connectivity index (χ0v) is 32.0. The number of hydrogen-bond acceptors (Lipinski definition) is 10. The summed E-state index contributed by atoms with van der Waals surface area (Å²) in [4.78, 5) is 48.0. The average molecular weight is 761 g/mol. The van der Waals surface area contributed by atoms with Gasteiger partial charge in [0.2, 0.25) is 0 Å². The second-order valence-electron chi connectivity index (χ2n) is 13.2. The number of hydrogen-bond donors (Lipinski definition) is 0. The van der Waals surface area contributed by atoms with Crippen LogP contribution in [0, 0.1) is 5.82 Å². The Balaban J connectivity index is 1.29. The van der Waals surface area contributed by atoms with Crippen molar-refractivity contribution in [3.05, 3.63) is 108 Å². The van der Waals surface area contributed by atoms with Gasteiger partial charge in [-0.15, -0.1) is 0 Å². The van der Waals surface area contributed by atoms with Gasteiger partial charge in [0, 0.05) is 17.2 Å². The van der Waals surface area contributed by atoms with E-state index in [0.29, 0.717) is 49.1 Å². The fourth-order valence-corrected chi connectivity index (χ4v) is 5.11. The largest absolute Gasteiger partial charge is 0.494 e. The summed E-state index contributed by atoms with van der Waals surface area (Å²) in [6, 6.07) is 16.4. The summed E-state index contributed by atoms with van der Waals surface area (Å²) >= 11 is 0. The Hall–Kier alpha value is -5.45. The van der Waals surface area contributed by atoms with Crippen molar-refractivity contribution < 1.29 is 52.0 Å². The maximum absolute atomic E-state index is 14.8. The molecule has 0 N–H and O–H groups in total. The van der Waals surface area contributed by atoms with Crippen molar-refractivity contribution in [3.63, 3.8) is 0 Å². The maximum Gasteiger partial charge on any atom is 0.343 e. The minimum absolute atomic E-state index is 0.0430. The van der Waals surface area contributed by atoms with Gasteiger partial charge in [0.05, 0.1) is 37.6 Å². The second kappa shape index (κ2) is 24.8. The van der Waals surface area contributed by atoms with Crippen molar-refractivity contribution in [1.82, 2.24) is 0 Å². The first-order valence-electron chi connectivity index (χ1n) is 18.9. The Morgan fingerprint density at radius 2 is 0.855 bits per heavy atom.